The molecule has 0 spiro atoms. The first kappa shape index (κ1) is 18.3. The number of aryl methyl sites for hydroxylation is 1. The van der Waals surface area contributed by atoms with Crippen LogP contribution in [0.3, 0.4) is 0 Å². The molecule has 0 radical (unpaired) electrons. The van der Waals surface area contributed by atoms with Gasteiger partial charge < -0.3 is 0 Å². The number of anilines is 1. The predicted octanol–water partition coefficient (Wildman–Crippen LogP) is 6.76. The molecule has 3 nitrogen and oxygen atoms in total. The Morgan fingerprint density at radius 3 is 2.55 bits per heavy atom. The number of fused-ring (bicyclic) bond motifs is 1. The summed E-state index contributed by atoms with van der Waals surface area (Å²) in [6.07, 6.45) is 1.84. The first-order valence-corrected chi connectivity index (χ1v) is 11.1. The maximum Gasteiger partial charge on any atom is 0.282 e. The van der Waals surface area contributed by atoms with Crippen LogP contribution in [0.4, 0.5) is 5.69 Å². The lowest BCUT2D eigenvalue weighted by Crippen LogP contribution is -2.32. The first-order chi connectivity index (χ1) is 14.1. The maximum atomic E-state index is 13.3. The fraction of sp³-hybridized carbons (Fsp3) is 0.0435. The van der Waals surface area contributed by atoms with Crippen molar-refractivity contribution >= 4 is 67.9 Å². The summed E-state index contributed by atoms with van der Waals surface area (Å²) in [7, 11) is 0. The van der Waals surface area contributed by atoms with Crippen molar-refractivity contribution in [1.29, 1.82) is 0 Å². The average molecular weight is 435 g/mol. The number of carbonyl (C=O) groups excluding carboxylic acids is 1. The van der Waals surface area contributed by atoms with Crippen molar-refractivity contribution < 1.29 is 4.79 Å². The van der Waals surface area contributed by atoms with Gasteiger partial charge in [0.1, 0.15) is 5.70 Å². The fourth-order valence-corrected chi connectivity index (χ4v) is 5.41. The normalized spacial score (nSPS) is 15.5. The van der Waals surface area contributed by atoms with Crippen LogP contribution >= 0.6 is 34.3 Å². The second-order valence-electron chi connectivity index (χ2n) is 6.70. The molecule has 0 aliphatic carbocycles. The number of nitrogens with zero attached hydrogens (tertiary/aromatic N) is 2. The highest BCUT2D eigenvalue weighted by atomic mass is 35.5. The Labute approximate surface area is 181 Å². The molecule has 0 bridgehead atoms. The smallest absolute Gasteiger partial charge is 0.266 e. The number of carbonyl (C=O) groups is 1. The van der Waals surface area contributed by atoms with Crippen LogP contribution in [0, 0.1) is 6.92 Å². The van der Waals surface area contributed by atoms with Gasteiger partial charge in [0.15, 0.2) is 5.84 Å². The minimum absolute atomic E-state index is 0.147. The number of amidine groups is 1. The van der Waals surface area contributed by atoms with Gasteiger partial charge in [-0.2, -0.15) is 0 Å². The molecule has 1 aliphatic heterocycles. The zero-order valence-electron chi connectivity index (χ0n) is 15.4. The highest BCUT2D eigenvalue weighted by molar-refractivity contribution is 7.22. The largest absolute Gasteiger partial charge is 0.282 e. The molecule has 1 aliphatic rings. The second-order valence-corrected chi connectivity index (χ2v) is 9.11. The monoisotopic (exact) mass is 434 g/mol. The number of hydrogen-bond acceptors (Lipinski definition) is 4. The van der Waals surface area contributed by atoms with E-state index >= 15 is 0 Å². The van der Waals surface area contributed by atoms with E-state index in [1.165, 1.54) is 0 Å². The number of benzene rings is 2. The third-order valence-electron chi connectivity index (χ3n) is 4.71. The molecule has 29 heavy (non-hydrogen) atoms. The lowest BCUT2D eigenvalue weighted by atomic mass is 10.2. The Morgan fingerprint density at radius 1 is 1.03 bits per heavy atom. The van der Waals surface area contributed by atoms with Crippen molar-refractivity contribution in [2.75, 3.05) is 4.90 Å². The molecule has 4 aromatic rings. The van der Waals surface area contributed by atoms with E-state index in [0.29, 0.717) is 16.6 Å². The molecule has 2 aromatic carbocycles. The van der Waals surface area contributed by atoms with Crippen LogP contribution in [0.15, 0.2) is 76.7 Å². The van der Waals surface area contributed by atoms with Gasteiger partial charge in [0.25, 0.3) is 5.91 Å². The van der Waals surface area contributed by atoms with E-state index in [-0.39, 0.29) is 5.91 Å². The summed E-state index contributed by atoms with van der Waals surface area (Å²) in [6.45, 7) is 2.02. The van der Waals surface area contributed by atoms with Crippen LogP contribution in [0.2, 0.25) is 5.02 Å². The van der Waals surface area contributed by atoms with Gasteiger partial charge in [-0.05, 0) is 42.6 Å². The van der Waals surface area contributed by atoms with Crippen molar-refractivity contribution in [3.63, 3.8) is 0 Å². The van der Waals surface area contributed by atoms with Crippen LogP contribution in [0.25, 0.3) is 16.2 Å². The molecule has 5 rings (SSSR count). The Balaban J connectivity index is 1.70. The van der Waals surface area contributed by atoms with Gasteiger partial charge in [-0.25, -0.2) is 4.99 Å². The topological polar surface area (TPSA) is 32.7 Å². The minimum Gasteiger partial charge on any atom is -0.266 e. The Kier molecular flexibility index (Phi) is 4.59. The number of amides is 1. The number of hydrogen-bond donors (Lipinski definition) is 0. The molecule has 6 heteroatoms. The summed E-state index contributed by atoms with van der Waals surface area (Å²) in [5.74, 6) is 0.429. The van der Waals surface area contributed by atoms with Crippen molar-refractivity contribution in [1.82, 2.24) is 0 Å². The third kappa shape index (κ3) is 3.21. The standard InChI is InChI=1S/C23H15ClN2OS2/c1-14-8-10-15(11-9-14)26-22(21-20(24)17-6-2-3-7-19(17)29-21)25-18(23(26)27)13-16-5-4-12-28-16/h2-13H,1H3/b18-13+. The molecular weight excluding hydrogens is 420 g/mol. The number of halogens is 1. The third-order valence-corrected chi connectivity index (χ3v) is 7.20. The summed E-state index contributed by atoms with van der Waals surface area (Å²) in [4.78, 5) is 21.5. The van der Waals surface area contributed by atoms with E-state index in [9.17, 15) is 4.79 Å². The molecule has 0 saturated heterocycles. The zero-order chi connectivity index (χ0) is 20.0. The number of aliphatic imine (C=N–C) groups is 1. The summed E-state index contributed by atoms with van der Waals surface area (Å²) < 4.78 is 1.07. The Hall–Kier alpha value is -2.73. The van der Waals surface area contributed by atoms with E-state index in [1.807, 2.05) is 79.0 Å². The van der Waals surface area contributed by atoms with E-state index in [2.05, 4.69) is 0 Å². The molecule has 142 valence electrons. The number of thiophene rings is 2. The Bertz CT molecular complexity index is 1280. The maximum absolute atomic E-state index is 13.3. The SMILES string of the molecule is Cc1ccc(N2C(=O)/C(=C\c3cccs3)N=C2c2sc3ccccc3c2Cl)cc1. The van der Waals surface area contributed by atoms with Crippen LogP contribution in [-0.4, -0.2) is 11.7 Å². The van der Waals surface area contributed by atoms with Gasteiger partial charge in [0.05, 0.1) is 15.6 Å². The zero-order valence-corrected chi connectivity index (χ0v) is 17.8. The molecular formula is C23H15ClN2OS2. The van der Waals surface area contributed by atoms with Crippen molar-refractivity contribution in [3.8, 4) is 0 Å². The van der Waals surface area contributed by atoms with Crippen LogP contribution in [-0.2, 0) is 4.79 Å². The van der Waals surface area contributed by atoms with E-state index in [4.69, 9.17) is 16.6 Å². The second kappa shape index (κ2) is 7.26. The molecule has 1 amide bonds. The molecule has 0 N–H and O–H groups in total. The van der Waals surface area contributed by atoms with Crippen LogP contribution in [0.1, 0.15) is 15.3 Å². The quantitative estimate of drug-likeness (QED) is 0.328. The van der Waals surface area contributed by atoms with Gasteiger partial charge in [-0.1, -0.05) is 53.6 Å². The van der Waals surface area contributed by atoms with Gasteiger partial charge in [-0.3, -0.25) is 9.69 Å². The first-order valence-electron chi connectivity index (χ1n) is 9.04. The minimum atomic E-state index is -0.147. The molecule has 2 aromatic heterocycles. The van der Waals surface area contributed by atoms with E-state index < -0.39 is 0 Å². The highest BCUT2D eigenvalue weighted by Gasteiger charge is 2.34. The molecule has 0 fully saturated rings. The molecule has 0 unspecified atom stereocenters. The van der Waals surface area contributed by atoms with Gasteiger partial charge in [0.2, 0.25) is 0 Å². The number of rotatable bonds is 3. The highest BCUT2D eigenvalue weighted by Crippen LogP contribution is 2.39. The predicted molar refractivity (Wildman–Crippen MR) is 124 cm³/mol. The van der Waals surface area contributed by atoms with Gasteiger partial charge >= 0.3 is 0 Å². The summed E-state index contributed by atoms with van der Waals surface area (Å²) >= 11 is 9.86. The summed E-state index contributed by atoms with van der Waals surface area (Å²) in [6, 6.07) is 19.8. The van der Waals surface area contributed by atoms with Crippen LogP contribution < -0.4 is 4.90 Å². The summed E-state index contributed by atoms with van der Waals surface area (Å²) in [5.41, 5.74) is 2.33. The van der Waals surface area contributed by atoms with Crippen LogP contribution in [0.5, 0.6) is 0 Å². The van der Waals surface area contributed by atoms with Crippen molar-refractivity contribution in [2.45, 2.75) is 6.92 Å². The van der Waals surface area contributed by atoms with Gasteiger partial charge in [-0.15, -0.1) is 22.7 Å². The van der Waals surface area contributed by atoms with E-state index in [1.54, 1.807) is 27.6 Å². The fourth-order valence-electron chi connectivity index (χ4n) is 3.27. The average Bonchev–Trinajstić information content (AvgIpc) is 3.43. The van der Waals surface area contributed by atoms with Crippen molar-refractivity contribution in [3.05, 3.63) is 92.1 Å². The van der Waals surface area contributed by atoms with Crippen molar-refractivity contribution in [2.24, 2.45) is 4.99 Å². The molecule has 0 atom stereocenters. The Morgan fingerprint density at radius 2 is 1.83 bits per heavy atom. The van der Waals surface area contributed by atoms with E-state index in [0.717, 1.165) is 31.1 Å². The lowest BCUT2D eigenvalue weighted by molar-refractivity contribution is -0.113. The lowest BCUT2D eigenvalue weighted by Gasteiger charge is -2.18. The molecule has 0 saturated carbocycles. The molecule has 3 heterocycles. The summed E-state index contributed by atoms with van der Waals surface area (Å²) in [5, 5.41) is 3.59. The van der Waals surface area contributed by atoms with Gasteiger partial charge in [0, 0.05) is 15.0 Å².